The van der Waals surface area contributed by atoms with Crippen molar-refractivity contribution in [3.8, 4) is 11.1 Å². The van der Waals surface area contributed by atoms with E-state index in [9.17, 15) is 14.8 Å². The Hall–Kier alpha value is -4.30. The number of rotatable bonds is 4. The predicted octanol–water partition coefficient (Wildman–Crippen LogP) is 4.96. The summed E-state index contributed by atoms with van der Waals surface area (Å²) in [5, 5.41) is 15.1. The first-order valence-electron chi connectivity index (χ1n) is 11.5. The fourth-order valence-corrected chi connectivity index (χ4v) is 6.13. The van der Waals surface area contributed by atoms with Crippen LogP contribution in [0.3, 0.4) is 0 Å². The van der Waals surface area contributed by atoms with Gasteiger partial charge in [-0.2, -0.15) is 4.73 Å². The summed E-state index contributed by atoms with van der Waals surface area (Å²) in [5.41, 5.74) is 5.56. The second kappa shape index (κ2) is 8.73. The molecule has 0 fully saturated rings. The number of aromatic nitrogens is 3. The lowest BCUT2D eigenvalue weighted by atomic mass is 10.00. The number of pyridine rings is 1. The second-order valence-electron chi connectivity index (χ2n) is 8.64. The highest BCUT2D eigenvalue weighted by Gasteiger charge is 2.31. The van der Waals surface area contributed by atoms with Gasteiger partial charge < -0.3 is 15.1 Å². The first-order chi connectivity index (χ1) is 17.5. The molecule has 0 saturated carbocycles. The molecule has 5 aromatic rings. The van der Waals surface area contributed by atoms with Crippen molar-refractivity contribution in [3.05, 3.63) is 119 Å². The molecule has 1 aliphatic heterocycles. The molecule has 0 saturated heterocycles. The number of fused-ring (bicyclic) bond motifs is 2. The van der Waals surface area contributed by atoms with Gasteiger partial charge in [0.25, 0.3) is 0 Å². The Morgan fingerprint density at radius 2 is 1.86 bits per heavy atom. The maximum Gasteiger partial charge on any atom is 0.325 e. The largest absolute Gasteiger partial charge is 0.619 e. The fourth-order valence-electron chi connectivity index (χ4n) is 4.82. The number of amides is 1. The molecule has 1 atom stereocenters. The lowest BCUT2D eigenvalue weighted by Crippen LogP contribution is -2.25. The van der Waals surface area contributed by atoms with Crippen LogP contribution in [0.15, 0.2) is 91.5 Å². The van der Waals surface area contributed by atoms with Gasteiger partial charge in [0.2, 0.25) is 0 Å². The standard InChI is InChI=1S/C28H22N4O3S/c1-29-28(34)32-16-23(21-10-9-19(14-24(21)32)18-6-3-2-4-7-18)26(33)22-11-13-31-25(22)17-36-27(31)20-8-5-12-30(35)15-20/h2-16,27H,17H2,1H3,(H,29,34). The Morgan fingerprint density at radius 3 is 2.64 bits per heavy atom. The molecule has 0 spiro atoms. The van der Waals surface area contributed by atoms with Gasteiger partial charge in [0.1, 0.15) is 5.37 Å². The third-order valence-corrected chi connectivity index (χ3v) is 7.83. The van der Waals surface area contributed by atoms with Gasteiger partial charge in [-0.1, -0.05) is 42.5 Å². The summed E-state index contributed by atoms with van der Waals surface area (Å²) in [6.07, 6.45) is 6.55. The van der Waals surface area contributed by atoms with E-state index in [1.807, 2.05) is 66.9 Å². The zero-order chi connectivity index (χ0) is 24.8. The molecule has 1 amide bonds. The topological polar surface area (TPSA) is 83.0 Å². The van der Waals surface area contributed by atoms with E-state index < -0.39 is 0 Å². The van der Waals surface area contributed by atoms with Gasteiger partial charge in [-0.15, -0.1) is 11.8 Å². The Bertz CT molecular complexity index is 1640. The minimum Gasteiger partial charge on any atom is -0.619 e. The van der Waals surface area contributed by atoms with Crippen LogP contribution in [-0.4, -0.2) is 28.0 Å². The van der Waals surface area contributed by atoms with E-state index in [0.29, 0.717) is 22.4 Å². The van der Waals surface area contributed by atoms with Crippen molar-refractivity contribution in [1.29, 1.82) is 0 Å². The minimum absolute atomic E-state index is 0.0661. The van der Waals surface area contributed by atoms with Gasteiger partial charge in [-0.05, 0) is 29.3 Å². The van der Waals surface area contributed by atoms with Crippen LogP contribution in [-0.2, 0) is 5.75 Å². The Morgan fingerprint density at radius 1 is 1.03 bits per heavy atom. The lowest BCUT2D eigenvalue weighted by molar-refractivity contribution is -0.605. The molecule has 0 aliphatic carbocycles. The van der Waals surface area contributed by atoms with E-state index in [4.69, 9.17) is 0 Å². The molecule has 1 N–H and O–H groups in total. The molecule has 2 aromatic carbocycles. The highest BCUT2D eigenvalue weighted by molar-refractivity contribution is 7.99. The number of hydrogen-bond acceptors (Lipinski definition) is 4. The van der Waals surface area contributed by atoms with Crippen LogP contribution in [0.2, 0.25) is 0 Å². The highest BCUT2D eigenvalue weighted by atomic mass is 32.2. The maximum absolute atomic E-state index is 13.8. The van der Waals surface area contributed by atoms with Crippen LogP contribution in [0.25, 0.3) is 22.0 Å². The van der Waals surface area contributed by atoms with E-state index in [1.165, 1.54) is 10.8 Å². The maximum atomic E-state index is 13.8. The third kappa shape index (κ3) is 3.58. The summed E-state index contributed by atoms with van der Waals surface area (Å²) in [5.74, 6) is 0.524. The van der Waals surface area contributed by atoms with Gasteiger partial charge in [0.05, 0.1) is 11.1 Å². The fraction of sp³-hybridized carbons (Fsp3) is 0.107. The van der Waals surface area contributed by atoms with E-state index in [0.717, 1.165) is 32.5 Å². The van der Waals surface area contributed by atoms with E-state index in [-0.39, 0.29) is 17.2 Å². The molecule has 8 heteroatoms. The predicted molar refractivity (Wildman–Crippen MR) is 140 cm³/mol. The molecule has 6 rings (SSSR count). The van der Waals surface area contributed by atoms with Gasteiger partial charge in [-0.25, -0.2) is 4.79 Å². The number of nitrogens with one attached hydrogen (secondary N) is 1. The van der Waals surface area contributed by atoms with Gasteiger partial charge in [0, 0.05) is 53.5 Å². The van der Waals surface area contributed by atoms with Crippen molar-refractivity contribution < 1.29 is 14.3 Å². The van der Waals surface area contributed by atoms with E-state index in [1.54, 1.807) is 37.3 Å². The molecule has 3 aromatic heterocycles. The first-order valence-corrected chi connectivity index (χ1v) is 12.6. The summed E-state index contributed by atoms with van der Waals surface area (Å²) in [6.45, 7) is 0. The monoisotopic (exact) mass is 494 g/mol. The zero-order valence-electron chi connectivity index (χ0n) is 19.4. The summed E-state index contributed by atoms with van der Waals surface area (Å²) in [6, 6.07) is 20.9. The number of ketones is 1. The molecule has 1 unspecified atom stereocenters. The van der Waals surface area contributed by atoms with E-state index in [2.05, 4.69) is 9.88 Å². The van der Waals surface area contributed by atoms with Crippen molar-refractivity contribution in [2.75, 3.05) is 7.05 Å². The van der Waals surface area contributed by atoms with Gasteiger partial charge in [-0.3, -0.25) is 9.36 Å². The number of hydrogen-bond donors (Lipinski definition) is 1. The molecule has 1 aliphatic rings. The average Bonchev–Trinajstić information content (AvgIpc) is 3.62. The van der Waals surface area contributed by atoms with Crippen molar-refractivity contribution in [2.24, 2.45) is 0 Å². The molecular formula is C28H22N4O3S. The number of carbonyl (C=O) groups excluding carboxylic acids is 2. The van der Waals surface area contributed by atoms with Crippen LogP contribution < -0.4 is 10.0 Å². The normalized spacial score (nSPS) is 14.6. The summed E-state index contributed by atoms with van der Waals surface area (Å²) in [7, 11) is 1.57. The van der Waals surface area contributed by atoms with Crippen molar-refractivity contribution >= 4 is 34.5 Å². The minimum atomic E-state index is -0.308. The van der Waals surface area contributed by atoms with Crippen molar-refractivity contribution in [1.82, 2.24) is 14.5 Å². The summed E-state index contributed by atoms with van der Waals surface area (Å²) < 4.78 is 4.35. The van der Waals surface area contributed by atoms with Crippen LogP contribution in [0.4, 0.5) is 4.79 Å². The van der Waals surface area contributed by atoms with Crippen LogP contribution in [0.1, 0.15) is 32.6 Å². The zero-order valence-corrected chi connectivity index (χ0v) is 20.2. The molecule has 178 valence electrons. The number of nitrogens with zero attached hydrogens (tertiary/aromatic N) is 3. The molecule has 36 heavy (non-hydrogen) atoms. The molecule has 7 nitrogen and oxygen atoms in total. The number of thioether (sulfide) groups is 1. The summed E-state index contributed by atoms with van der Waals surface area (Å²) >= 11 is 1.67. The molecular weight excluding hydrogens is 472 g/mol. The summed E-state index contributed by atoms with van der Waals surface area (Å²) in [4.78, 5) is 26.6. The lowest BCUT2D eigenvalue weighted by Gasteiger charge is -2.11. The second-order valence-corrected chi connectivity index (χ2v) is 9.71. The molecule has 4 heterocycles. The molecule has 0 bridgehead atoms. The molecule has 0 radical (unpaired) electrons. The smallest absolute Gasteiger partial charge is 0.325 e. The Balaban J connectivity index is 1.43. The first kappa shape index (κ1) is 22.2. The SMILES string of the molecule is CNC(=O)n1cc(C(=O)c2ccn3c2CSC3c2ccc[n+]([O-])c2)c2ccc(-c3ccccc3)cc21. The van der Waals surface area contributed by atoms with Gasteiger partial charge >= 0.3 is 6.03 Å². The van der Waals surface area contributed by atoms with Crippen LogP contribution in [0, 0.1) is 5.21 Å². The van der Waals surface area contributed by atoms with Gasteiger partial charge in [0.15, 0.2) is 18.2 Å². The Kier molecular flexibility index (Phi) is 5.38. The van der Waals surface area contributed by atoms with Crippen molar-refractivity contribution in [2.45, 2.75) is 11.1 Å². The number of benzene rings is 2. The quantitative estimate of drug-likeness (QED) is 0.218. The third-order valence-electron chi connectivity index (χ3n) is 6.57. The van der Waals surface area contributed by atoms with E-state index >= 15 is 0 Å². The Labute approximate surface area is 211 Å². The number of carbonyl (C=O) groups is 2. The highest BCUT2D eigenvalue weighted by Crippen LogP contribution is 2.42. The van der Waals surface area contributed by atoms with Crippen LogP contribution >= 0.6 is 11.8 Å². The van der Waals surface area contributed by atoms with Crippen LogP contribution in [0.5, 0.6) is 0 Å². The average molecular weight is 495 g/mol. The van der Waals surface area contributed by atoms with Crippen molar-refractivity contribution in [3.63, 3.8) is 0 Å².